The van der Waals surface area contributed by atoms with Crippen LogP contribution in [-0.4, -0.2) is 51.0 Å². The number of amides is 1. The van der Waals surface area contributed by atoms with Gasteiger partial charge in [0.15, 0.2) is 11.4 Å². The van der Waals surface area contributed by atoms with E-state index in [1.54, 1.807) is 4.90 Å². The summed E-state index contributed by atoms with van der Waals surface area (Å²) in [6.45, 7) is 1.04. The number of piperidine rings is 1. The van der Waals surface area contributed by atoms with E-state index < -0.39 is 5.97 Å². The SMILES string of the molecule is NC1CCCN(C(=O)c2nc[nH]c2C(=O)O)C1. The number of carboxylic acids is 1. The number of carbonyl (C=O) groups excluding carboxylic acids is 1. The summed E-state index contributed by atoms with van der Waals surface area (Å²) in [6, 6.07) is -0.0417. The molecule has 1 aromatic heterocycles. The Hall–Kier alpha value is -1.89. The van der Waals surface area contributed by atoms with E-state index in [9.17, 15) is 9.59 Å². The van der Waals surface area contributed by atoms with Crippen molar-refractivity contribution in [3.05, 3.63) is 17.7 Å². The molecule has 1 unspecified atom stereocenters. The van der Waals surface area contributed by atoms with E-state index in [1.807, 2.05) is 0 Å². The third-order valence-electron chi connectivity index (χ3n) is 2.80. The lowest BCUT2D eigenvalue weighted by Crippen LogP contribution is -2.46. The number of H-pyrrole nitrogens is 1. The number of carboxylic acid groups (broad SMARTS) is 1. The van der Waals surface area contributed by atoms with Crippen molar-refractivity contribution in [2.75, 3.05) is 13.1 Å². The molecule has 1 saturated heterocycles. The van der Waals surface area contributed by atoms with Crippen LogP contribution in [-0.2, 0) is 0 Å². The van der Waals surface area contributed by atoms with Gasteiger partial charge in [0.05, 0.1) is 6.33 Å². The molecule has 1 aliphatic heterocycles. The zero-order chi connectivity index (χ0) is 12.4. The first kappa shape index (κ1) is 11.6. The number of aromatic nitrogens is 2. The number of nitrogens with one attached hydrogen (secondary N) is 1. The highest BCUT2D eigenvalue weighted by Gasteiger charge is 2.27. The molecule has 0 aliphatic carbocycles. The van der Waals surface area contributed by atoms with E-state index in [-0.39, 0.29) is 23.3 Å². The third-order valence-corrected chi connectivity index (χ3v) is 2.80. The van der Waals surface area contributed by atoms with Crippen molar-refractivity contribution in [1.29, 1.82) is 0 Å². The normalized spacial score (nSPS) is 20.3. The first-order valence-corrected chi connectivity index (χ1v) is 5.41. The van der Waals surface area contributed by atoms with Crippen LogP contribution in [0.15, 0.2) is 6.33 Å². The minimum atomic E-state index is -1.19. The topological polar surface area (TPSA) is 112 Å². The van der Waals surface area contributed by atoms with Gasteiger partial charge in [0, 0.05) is 19.1 Å². The molecule has 92 valence electrons. The van der Waals surface area contributed by atoms with E-state index in [1.165, 1.54) is 6.33 Å². The lowest BCUT2D eigenvalue weighted by Gasteiger charge is -2.30. The van der Waals surface area contributed by atoms with Crippen LogP contribution in [0.1, 0.15) is 33.8 Å². The molecule has 1 atom stereocenters. The summed E-state index contributed by atoms with van der Waals surface area (Å²) >= 11 is 0. The van der Waals surface area contributed by atoms with Gasteiger partial charge >= 0.3 is 5.97 Å². The monoisotopic (exact) mass is 238 g/mol. The lowest BCUT2D eigenvalue weighted by molar-refractivity contribution is 0.0654. The number of hydrogen-bond acceptors (Lipinski definition) is 4. The molecule has 0 bridgehead atoms. The Morgan fingerprint density at radius 2 is 2.35 bits per heavy atom. The van der Waals surface area contributed by atoms with Crippen molar-refractivity contribution < 1.29 is 14.7 Å². The summed E-state index contributed by atoms with van der Waals surface area (Å²) in [5.74, 6) is -1.56. The van der Waals surface area contributed by atoms with Crippen molar-refractivity contribution in [3.63, 3.8) is 0 Å². The van der Waals surface area contributed by atoms with Crippen LogP contribution in [0.2, 0.25) is 0 Å². The Balaban J connectivity index is 2.18. The van der Waals surface area contributed by atoms with E-state index in [0.717, 1.165) is 12.8 Å². The second kappa shape index (κ2) is 4.54. The number of carbonyl (C=O) groups is 2. The molecule has 1 fully saturated rings. The van der Waals surface area contributed by atoms with Gasteiger partial charge in [-0.25, -0.2) is 9.78 Å². The van der Waals surface area contributed by atoms with Crippen LogP contribution in [0.4, 0.5) is 0 Å². The fourth-order valence-electron chi connectivity index (χ4n) is 1.96. The predicted molar refractivity (Wildman–Crippen MR) is 58.7 cm³/mol. The molecule has 7 heteroatoms. The summed E-state index contributed by atoms with van der Waals surface area (Å²) in [5, 5.41) is 8.89. The van der Waals surface area contributed by atoms with Gasteiger partial charge in [-0.05, 0) is 12.8 Å². The number of nitrogens with two attached hydrogens (primary N) is 1. The largest absolute Gasteiger partial charge is 0.477 e. The molecule has 4 N–H and O–H groups in total. The second-order valence-electron chi connectivity index (χ2n) is 4.08. The molecular formula is C10H14N4O3. The molecule has 0 aromatic carbocycles. The number of aromatic amines is 1. The van der Waals surface area contributed by atoms with E-state index in [4.69, 9.17) is 10.8 Å². The highest BCUT2D eigenvalue weighted by molar-refractivity contribution is 6.02. The Morgan fingerprint density at radius 3 is 3.00 bits per heavy atom. The Morgan fingerprint density at radius 1 is 1.59 bits per heavy atom. The Labute approximate surface area is 97.6 Å². The molecule has 0 saturated carbocycles. The van der Waals surface area contributed by atoms with Crippen molar-refractivity contribution in [2.24, 2.45) is 5.73 Å². The van der Waals surface area contributed by atoms with Gasteiger partial charge in [-0.1, -0.05) is 0 Å². The predicted octanol–water partition coefficient (Wildman–Crippen LogP) is -0.329. The third kappa shape index (κ3) is 2.28. The maximum Gasteiger partial charge on any atom is 0.354 e. The Kier molecular flexibility index (Phi) is 3.10. The first-order chi connectivity index (χ1) is 8.09. The van der Waals surface area contributed by atoms with Crippen LogP contribution >= 0.6 is 0 Å². The van der Waals surface area contributed by atoms with Gasteiger partial charge in [0.2, 0.25) is 0 Å². The molecule has 0 radical (unpaired) electrons. The maximum atomic E-state index is 12.1. The van der Waals surface area contributed by atoms with Crippen molar-refractivity contribution >= 4 is 11.9 Å². The molecule has 2 rings (SSSR count). The number of hydrogen-bond donors (Lipinski definition) is 3. The van der Waals surface area contributed by atoms with Gasteiger partial charge < -0.3 is 20.7 Å². The summed E-state index contributed by atoms with van der Waals surface area (Å²) in [7, 11) is 0. The van der Waals surface area contributed by atoms with Gasteiger partial charge in [0.25, 0.3) is 5.91 Å². The molecule has 2 heterocycles. The molecule has 1 amide bonds. The fraction of sp³-hybridized carbons (Fsp3) is 0.500. The molecule has 7 nitrogen and oxygen atoms in total. The van der Waals surface area contributed by atoms with E-state index in [2.05, 4.69) is 9.97 Å². The van der Waals surface area contributed by atoms with Gasteiger partial charge in [-0.3, -0.25) is 4.79 Å². The van der Waals surface area contributed by atoms with Crippen molar-refractivity contribution in [3.8, 4) is 0 Å². The lowest BCUT2D eigenvalue weighted by atomic mass is 10.1. The average molecular weight is 238 g/mol. The highest BCUT2D eigenvalue weighted by Crippen LogP contribution is 2.13. The molecular weight excluding hydrogens is 224 g/mol. The summed E-state index contributed by atoms with van der Waals surface area (Å²) in [6.07, 6.45) is 2.93. The minimum Gasteiger partial charge on any atom is -0.477 e. The highest BCUT2D eigenvalue weighted by atomic mass is 16.4. The Bertz CT molecular complexity index is 443. The van der Waals surface area contributed by atoms with Crippen molar-refractivity contribution in [1.82, 2.24) is 14.9 Å². The van der Waals surface area contributed by atoms with Gasteiger partial charge in [-0.2, -0.15) is 0 Å². The average Bonchev–Trinajstić information content (AvgIpc) is 2.77. The summed E-state index contributed by atoms with van der Waals surface area (Å²) < 4.78 is 0. The molecule has 17 heavy (non-hydrogen) atoms. The number of imidazole rings is 1. The van der Waals surface area contributed by atoms with Crippen LogP contribution in [0.25, 0.3) is 0 Å². The quantitative estimate of drug-likeness (QED) is 0.653. The smallest absolute Gasteiger partial charge is 0.354 e. The summed E-state index contributed by atoms with van der Waals surface area (Å²) in [4.78, 5) is 30.7. The van der Waals surface area contributed by atoms with Gasteiger partial charge in [-0.15, -0.1) is 0 Å². The molecule has 0 spiro atoms. The minimum absolute atomic E-state index is 0.0417. The van der Waals surface area contributed by atoms with Crippen LogP contribution in [0, 0.1) is 0 Å². The van der Waals surface area contributed by atoms with Gasteiger partial charge in [0.1, 0.15) is 0 Å². The number of aromatic carboxylic acids is 1. The van der Waals surface area contributed by atoms with E-state index >= 15 is 0 Å². The maximum absolute atomic E-state index is 12.1. The molecule has 1 aliphatic rings. The zero-order valence-corrected chi connectivity index (χ0v) is 9.22. The number of likely N-dealkylation sites (tertiary alicyclic amines) is 1. The van der Waals surface area contributed by atoms with E-state index in [0.29, 0.717) is 13.1 Å². The van der Waals surface area contributed by atoms with Crippen molar-refractivity contribution in [2.45, 2.75) is 18.9 Å². The van der Waals surface area contributed by atoms with Crippen LogP contribution in [0.3, 0.4) is 0 Å². The second-order valence-corrected chi connectivity index (χ2v) is 4.08. The fourth-order valence-corrected chi connectivity index (χ4v) is 1.96. The van der Waals surface area contributed by atoms with Crippen LogP contribution in [0.5, 0.6) is 0 Å². The van der Waals surface area contributed by atoms with Crippen LogP contribution < -0.4 is 5.73 Å². The summed E-state index contributed by atoms with van der Waals surface area (Å²) in [5.41, 5.74) is 5.55. The zero-order valence-electron chi connectivity index (χ0n) is 9.22. The first-order valence-electron chi connectivity index (χ1n) is 5.41. The number of rotatable bonds is 2. The standard InChI is InChI=1S/C10H14N4O3/c11-6-2-1-3-14(4-6)9(15)7-8(10(16)17)13-5-12-7/h5-6H,1-4,11H2,(H,12,13)(H,16,17). The number of nitrogens with zero attached hydrogens (tertiary/aromatic N) is 2. The molecule has 1 aromatic rings.